The monoisotopic (exact) mass is 366 g/mol. The van der Waals surface area contributed by atoms with Gasteiger partial charge in [-0.15, -0.1) is 9.24 Å². The standard InChI is InChI=1S/C23H43OP/c25-23-15-7-10-19(11-8-16-23)20-9-6-14-22(18-17-20)24-21-12-4-2-1-3-5-13-21/h19-23H,1-18,25H2. The zero-order valence-corrected chi connectivity index (χ0v) is 17.8. The highest BCUT2D eigenvalue weighted by Crippen LogP contribution is 2.38. The molecule has 0 heterocycles. The average molecular weight is 367 g/mol. The minimum atomic E-state index is 0.583. The summed E-state index contributed by atoms with van der Waals surface area (Å²) in [5.41, 5.74) is 0.900. The second kappa shape index (κ2) is 11.3. The molecular weight excluding hydrogens is 323 g/mol. The minimum Gasteiger partial charge on any atom is -0.375 e. The summed E-state index contributed by atoms with van der Waals surface area (Å²) in [4.78, 5) is 0. The van der Waals surface area contributed by atoms with Gasteiger partial charge in [-0.3, -0.25) is 0 Å². The van der Waals surface area contributed by atoms with Gasteiger partial charge in [0.15, 0.2) is 0 Å². The van der Waals surface area contributed by atoms with E-state index in [0.29, 0.717) is 12.2 Å². The summed E-state index contributed by atoms with van der Waals surface area (Å²) in [7, 11) is 3.08. The van der Waals surface area contributed by atoms with Crippen LogP contribution in [0, 0.1) is 11.8 Å². The van der Waals surface area contributed by atoms with Crippen LogP contribution in [-0.2, 0) is 4.74 Å². The number of hydrogen-bond donors (Lipinski definition) is 0. The fourth-order valence-corrected chi connectivity index (χ4v) is 6.25. The van der Waals surface area contributed by atoms with Crippen molar-refractivity contribution >= 4 is 9.24 Å². The van der Waals surface area contributed by atoms with Gasteiger partial charge in [0.1, 0.15) is 0 Å². The Bertz CT molecular complexity index is 340. The first-order valence-corrected chi connectivity index (χ1v) is 12.4. The van der Waals surface area contributed by atoms with Crippen molar-refractivity contribution in [3.63, 3.8) is 0 Å². The predicted octanol–water partition coefficient (Wildman–Crippen LogP) is 7.28. The number of rotatable bonds is 3. The molecule has 0 amide bonds. The quantitative estimate of drug-likeness (QED) is 0.377. The van der Waals surface area contributed by atoms with Crippen LogP contribution >= 0.6 is 9.24 Å². The summed E-state index contributed by atoms with van der Waals surface area (Å²) in [5, 5.41) is 0. The van der Waals surface area contributed by atoms with Gasteiger partial charge in [0.05, 0.1) is 12.2 Å². The van der Waals surface area contributed by atoms with Crippen LogP contribution in [0.25, 0.3) is 0 Å². The number of hydrogen-bond acceptors (Lipinski definition) is 1. The van der Waals surface area contributed by atoms with E-state index in [1.165, 1.54) is 116 Å². The summed E-state index contributed by atoms with van der Waals surface area (Å²) >= 11 is 0. The van der Waals surface area contributed by atoms with Crippen molar-refractivity contribution in [1.82, 2.24) is 0 Å². The van der Waals surface area contributed by atoms with Gasteiger partial charge in [0, 0.05) is 0 Å². The van der Waals surface area contributed by atoms with Crippen LogP contribution in [0.1, 0.15) is 116 Å². The smallest absolute Gasteiger partial charge is 0.0579 e. The van der Waals surface area contributed by atoms with Crippen LogP contribution < -0.4 is 0 Å². The highest BCUT2D eigenvalue weighted by Gasteiger charge is 2.28. The first-order chi connectivity index (χ1) is 12.3. The molecule has 3 unspecified atom stereocenters. The summed E-state index contributed by atoms with van der Waals surface area (Å²) in [6.07, 6.45) is 26.8. The van der Waals surface area contributed by atoms with E-state index in [1.54, 1.807) is 0 Å². The van der Waals surface area contributed by atoms with E-state index >= 15 is 0 Å². The Morgan fingerprint density at radius 3 is 1.60 bits per heavy atom. The molecule has 2 heteroatoms. The highest BCUT2D eigenvalue weighted by molar-refractivity contribution is 7.17. The van der Waals surface area contributed by atoms with Crippen LogP contribution in [0.15, 0.2) is 0 Å². The maximum Gasteiger partial charge on any atom is 0.0579 e. The van der Waals surface area contributed by atoms with Gasteiger partial charge in [-0.2, -0.15) is 0 Å². The Kier molecular flexibility index (Phi) is 9.09. The largest absolute Gasteiger partial charge is 0.375 e. The first-order valence-electron chi connectivity index (χ1n) is 11.7. The van der Waals surface area contributed by atoms with Crippen LogP contribution in [0.5, 0.6) is 0 Å². The Hall–Kier alpha value is 0.390. The van der Waals surface area contributed by atoms with Gasteiger partial charge < -0.3 is 4.74 Å². The van der Waals surface area contributed by atoms with Crippen LogP contribution in [0.4, 0.5) is 0 Å². The van der Waals surface area contributed by atoms with Gasteiger partial charge in [-0.25, -0.2) is 0 Å². The number of ether oxygens (including phenoxy) is 1. The van der Waals surface area contributed by atoms with Gasteiger partial charge in [0.25, 0.3) is 0 Å². The molecule has 146 valence electrons. The normalized spacial score (nSPS) is 37.3. The van der Waals surface area contributed by atoms with Crippen molar-refractivity contribution in [2.45, 2.75) is 133 Å². The SMILES string of the molecule is PC1CCCC(C2CCCC(OC3CCCCCCC3)CC2)CCC1. The van der Waals surface area contributed by atoms with Crippen molar-refractivity contribution in [2.75, 3.05) is 0 Å². The average Bonchev–Trinajstić information content (AvgIpc) is 2.79. The molecule has 3 aliphatic rings. The molecule has 0 bridgehead atoms. The fourth-order valence-electron chi connectivity index (χ4n) is 5.78. The third-order valence-electron chi connectivity index (χ3n) is 7.36. The lowest BCUT2D eigenvalue weighted by Gasteiger charge is -2.29. The van der Waals surface area contributed by atoms with Gasteiger partial charge in [-0.1, -0.05) is 70.6 Å². The molecule has 0 aliphatic heterocycles. The Morgan fingerprint density at radius 1 is 0.440 bits per heavy atom. The van der Waals surface area contributed by atoms with Gasteiger partial charge >= 0.3 is 0 Å². The molecule has 3 aliphatic carbocycles. The fraction of sp³-hybridized carbons (Fsp3) is 1.00. The topological polar surface area (TPSA) is 9.23 Å². The molecule has 1 nitrogen and oxygen atoms in total. The maximum absolute atomic E-state index is 6.64. The Morgan fingerprint density at radius 2 is 0.920 bits per heavy atom. The van der Waals surface area contributed by atoms with E-state index in [-0.39, 0.29) is 0 Å². The van der Waals surface area contributed by atoms with E-state index in [2.05, 4.69) is 9.24 Å². The van der Waals surface area contributed by atoms with Crippen molar-refractivity contribution in [1.29, 1.82) is 0 Å². The summed E-state index contributed by atoms with van der Waals surface area (Å²) < 4.78 is 6.64. The van der Waals surface area contributed by atoms with E-state index in [4.69, 9.17) is 4.74 Å². The molecule has 3 saturated carbocycles. The van der Waals surface area contributed by atoms with Crippen LogP contribution in [0.2, 0.25) is 0 Å². The Labute approximate surface area is 159 Å². The molecule has 0 N–H and O–H groups in total. The summed E-state index contributed by atoms with van der Waals surface area (Å²) in [6.45, 7) is 0. The zero-order valence-electron chi connectivity index (χ0n) is 16.6. The third-order valence-corrected chi connectivity index (χ3v) is 8.03. The van der Waals surface area contributed by atoms with Crippen molar-refractivity contribution in [3.05, 3.63) is 0 Å². The Balaban J connectivity index is 1.43. The van der Waals surface area contributed by atoms with E-state index in [9.17, 15) is 0 Å². The molecule has 0 radical (unpaired) electrons. The van der Waals surface area contributed by atoms with Gasteiger partial charge in [0.2, 0.25) is 0 Å². The molecular formula is C23H43OP. The minimum absolute atomic E-state index is 0.583. The second-order valence-electron chi connectivity index (χ2n) is 9.38. The van der Waals surface area contributed by atoms with E-state index in [1.807, 2.05) is 0 Å². The third kappa shape index (κ3) is 7.14. The maximum atomic E-state index is 6.64. The highest BCUT2D eigenvalue weighted by atomic mass is 31.0. The lowest BCUT2D eigenvalue weighted by atomic mass is 9.78. The van der Waals surface area contributed by atoms with E-state index in [0.717, 1.165) is 17.5 Å². The van der Waals surface area contributed by atoms with Crippen LogP contribution in [0.3, 0.4) is 0 Å². The lowest BCUT2D eigenvalue weighted by Crippen LogP contribution is -2.23. The molecule has 3 fully saturated rings. The first kappa shape index (κ1) is 20.1. The molecule has 0 aromatic rings. The molecule has 3 rings (SSSR count). The molecule has 3 atom stereocenters. The second-order valence-corrected chi connectivity index (χ2v) is 10.3. The van der Waals surface area contributed by atoms with Crippen molar-refractivity contribution < 1.29 is 4.74 Å². The molecule has 0 saturated heterocycles. The van der Waals surface area contributed by atoms with Crippen LogP contribution in [-0.4, -0.2) is 17.9 Å². The zero-order chi connectivity index (χ0) is 17.3. The molecule has 0 spiro atoms. The van der Waals surface area contributed by atoms with Gasteiger partial charge in [-0.05, 0) is 62.4 Å². The lowest BCUT2D eigenvalue weighted by molar-refractivity contribution is -0.0316. The molecule has 25 heavy (non-hydrogen) atoms. The van der Waals surface area contributed by atoms with Crippen molar-refractivity contribution in [3.8, 4) is 0 Å². The van der Waals surface area contributed by atoms with Crippen molar-refractivity contribution in [2.24, 2.45) is 11.8 Å². The molecule has 0 aromatic carbocycles. The summed E-state index contributed by atoms with van der Waals surface area (Å²) in [6, 6.07) is 0. The molecule has 0 aromatic heterocycles. The summed E-state index contributed by atoms with van der Waals surface area (Å²) in [5.74, 6) is 2.03. The predicted molar refractivity (Wildman–Crippen MR) is 112 cm³/mol. The van der Waals surface area contributed by atoms with E-state index < -0.39 is 0 Å².